The molecular formula is C30H28ClN3O5. The number of carbonyl (C=O) groups is 2. The van der Waals surface area contributed by atoms with Crippen molar-refractivity contribution >= 4 is 29.3 Å². The number of ether oxygens (including phenoxy) is 2. The van der Waals surface area contributed by atoms with Crippen molar-refractivity contribution in [1.82, 2.24) is 9.47 Å². The Morgan fingerprint density at radius 1 is 0.897 bits per heavy atom. The Labute approximate surface area is 231 Å². The van der Waals surface area contributed by atoms with Crippen molar-refractivity contribution in [1.29, 1.82) is 0 Å². The van der Waals surface area contributed by atoms with Crippen LogP contribution in [0.2, 0.25) is 5.15 Å². The molecule has 1 atom stereocenters. The molecule has 1 heterocycles. The third kappa shape index (κ3) is 7.27. The van der Waals surface area contributed by atoms with Crippen LogP contribution in [-0.2, 0) is 22.7 Å². The molecule has 3 aromatic carbocycles. The Balaban J connectivity index is 1.42. The lowest BCUT2D eigenvalue weighted by molar-refractivity contribution is -0.120. The number of halogens is 1. The van der Waals surface area contributed by atoms with Crippen LogP contribution in [0.4, 0.5) is 10.5 Å². The summed E-state index contributed by atoms with van der Waals surface area (Å²) < 4.78 is 12.5. The molecule has 0 aliphatic carbocycles. The number of nitrogens with zero attached hydrogens (tertiary/aromatic N) is 2. The molecule has 1 aromatic heterocycles. The maximum atomic E-state index is 13.2. The van der Waals surface area contributed by atoms with Gasteiger partial charge >= 0.3 is 6.09 Å². The van der Waals surface area contributed by atoms with Crippen LogP contribution in [0.1, 0.15) is 18.1 Å². The highest BCUT2D eigenvalue weighted by Crippen LogP contribution is 2.23. The number of benzene rings is 3. The van der Waals surface area contributed by atoms with Gasteiger partial charge in [-0.2, -0.15) is 0 Å². The fourth-order valence-corrected chi connectivity index (χ4v) is 3.90. The standard InChI is InChI=1S/C30H28ClN3O5/c1-21(33(2)30(37)38-20-22-10-5-3-6-11-22)28(35)32-26-16-17-27(31)34(29(26)36)19-23-12-9-15-25(18-23)39-24-13-7-4-8-14-24/h3-18,21H,19-20H2,1-2H3,(H,32,35)/t21-/m0/s1. The fraction of sp³-hybridized carbons (Fsp3) is 0.167. The van der Waals surface area contributed by atoms with Gasteiger partial charge in [0.05, 0.1) is 6.54 Å². The first-order valence-electron chi connectivity index (χ1n) is 12.3. The maximum absolute atomic E-state index is 13.2. The van der Waals surface area contributed by atoms with E-state index in [9.17, 15) is 14.4 Å². The van der Waals surface area contributed by atoms with Crippen LogP contribution in [-0.4, -0.2) is 34.6 Å². The highest BCUT2D eigenvalue weighted by atomic mass is 35.5. The Bertz CT molecular complexity index is 1490. The van der Waals surface area contributed by atoms with Crippen molar-refractivity contribution in [2.45, 2.75) is 26.1 Å². The lowest BCUT2D eigenvalue weighted by Gasteiger charge is -2.23. The zero-order valence-corrected chi connectivity index (χ0v) is 22.3. The van der Waals surface area contributed by atoms with E-state index in [4.69, 9.17) is 21.1 Å². The second-order valence-corrected chi connectivity index (χ2v) is 9.23. The summed E-state index contributed by atoms with van der Waals surface area (Å²) in [5.74, 6) is 0.763. The molecule has 200 valence electrons. The van der Waals surface area contributed by atoms with Crippen molar-refractivity contribution in [3.63, 3.8) is 0 Å². The molecule has 39 heavy (non-hydrogen) atoms. The maximum Gasteiger partial charge on any atom is 0.410 e. The van der Waals surface area contributed by atoms with E-state index in [0.29, 0.717) is 11.5 Å². The molecule has 1 N–H and O–H groups in total. The van der Waals surface area contributed by atoms with Gasteiger partial charge in [-0.15, -0.1) is 0 Å². The van der Waals surface area contributed by atoms with Crippen LogP contribution in [0.5, 0.6) is 11.5 Å². The largest absolute Gasteiger partial charge is 0.457 e. The summed E-state index contributed by atoms with van der Waals surface area (Å²) >= 11 is 6.35. The Hall–Kier alpha value is -4.56. The minimum atomic E-state index is -0.899. The van der Waals surface area contributed by atoms with Gasteiger partial charge in [-0.05, 0) is 54.4 Å². The van der Waals surface area contributed by atoms with E-state index in [2.05, 4.69) is 5.32 Å². The smallest absolute Gasteiger partial charge is 0.410 e. The highest BCUT2D eigenvalue weighted by Gasteiger charge is 2.24. The Morgan fingerprint density at radius 2 is 1.54 bits per heavy atom. The molecule has 0 aliphatic heterocycles. The van der Waals surface area contributed by atoms with Crippen molar-refractivity contribution < 1.29 is 19.1 Å². The molecule has 4 rings (SSSR count). The molecule has 0 fully saturated rings. The summed E-state index contributed by atoms with van der Waals surface area (Å²) in [6.07, 6.45) is -0.660. The van der Waals surface area contributed by atoms with Crippen molar-refractivity contribution in [2.75, 3.05) is 12.4 Å². The van der Waals surface area contributed by atoms with Crippen LogP contribution in [0.25, 0.3) is 0 Å². The minimum absolute atomic E-state index is 0.0407. The number of likely N-dealkylation sites (N-methyl/N-ethyl adjacent to an activating group) is 1. The number of rotatable bonds is 9. The number of hydrogen-bond acceptors (Lipinski definition) is 5. The van der Waals surface area contributed by atoms with Gasteiger partial charge in [0.15, 0.2) is 0 Å². The summed E-state index contributed by atoms with van der Waals surface area (Å²) in [5.41, 5.74) is 1.17. The van der Waals surface area contributed by atoms with Gasteiger partial charge in [0.25, 0.3) is 5.56 Å². The number of carbonyl (C=O) groups excluding carboxylic acids is 2. The summed E-state index contributed by atoms with van der Waals surface area (Å²) in [4.78, 5) is 39.7. The summed E-state index contributed by atoms with van der Waals surface area (Å²) in [7, 11) is 1.46. The number of nitrogens with one attached hydrogen (secondary N) is 1. The first kappa shape index (κ1) is 27.5. The van der Waals surface area contributed by atoms with E-state index in [-0.39, 0.29) is 24.0 Å². The van der Waals surface area contributed by atoms with Crippen LogP contribution in [0.15, 0.2) is 102 Å². The number of pyridine rings is 1. The van der Waals surface area contributed by atoms with Crippen LogP contribution < -0.4 is 15.6 Å². The Kier molecular flexibility index (Phi) is 9.01. The molecule has 0 radical (unpaired) electrons. The second-order valence-electron chi connectivity index (χ2n) is 8.84. The summed E-state index contributed by atoms with van der Waals surface area (Å²) in [6.45, 7) is 1.79. The lowest BCUT2D eigenvalue weighted by atomic mass is 10.2. The molecular weight excluding hydrogens is 518 g/mol. The third-order valence-electron chi connectivity index (χ3n) is 6.05. The number of hydrogen-bond donors (Lipinski definition) is 1. The van der Waals surface area contributed by atoms with Gasteiger partial charge < -0.3 is 14.8 Å². The third-order valence-corrected chi connectivity index (χ3v) is 6.38. The van der Waals surface area contributed by atoms with E-state index in [0.717, 1.165) is 11.1 Å². The average molecular weight is 546 g/mol. The van der Waals surface area contributed by atoms with Gasteiger partial charge in [0.1, 0.15) is 35.0 Å². The quantitative estimate of drug-likeness (QED) is 0.263. The van der Waals surface area contributed by atoms with Crippen molar-refractivity contribution in [2.24, 2.45) is 0 Å². The molecule has 0 unspecified atom stereocenters. The molecule has 0 bridgehead atoms. The van der Waals surface area contributed by atoms with Crippen molar-refractivity contribution in [3.8, 4) is 11.5 Å². The molecule has 8 nitrogen and oxygen atoms in total. The topological polar surface area (TPSA) is 89.9 Å². The first-order valence-corrected chi connectivity index (χ1v) is 12.6. The van der Waals surface area contributed by atoms with E-state index in [1.807, 2.05) is 84.9 Å². The molecule has 0 saturated heterocycles. The normalized spacial score (nSPS) is 11.4. The zero-order chi connectivity index (χ0) is 27.8. The molecule has 0 saturated carbocycles. The van der Waals surface area contributed by atoms with E-state index in [1.54, 1.807) is 6.92 Å². The number of para-hydroxylation sites is 1. The van der Waals surface area contributed by atoms with Gasteiger partial charge in [0, 0.05) is 7.05 Å². The second kappa shape index (κ2) is 12.8. The summed E-state index contributed by atoms with van der Waals surface area (Å²) in [6, 6.07) is 28.0. The number of anilines is 1. The fourth-order valence-electron chi connectivity index (χ4n) is 3.71. The molecule has 0 spiro atoms. The molecule has 0 aliphatic rings. The Morgan fingerprint density at radius 3 is 2.26 bits per heavy atom. The predicted molar refractivity (Wildman–Crippen MR) is 150 cm³/mol. The lowest BCUT2D eigenvalue weighted by Crippen LogP contribution is -2.44. The number of aromatic nitrogens is 1. The van der Waals surface area contributed by atoms with Gasteiger partial charge in [0.2, 0.25) is 5.91 Å². The monoisotopic (exact) mass is 545 g/mol. The highest BCUT2D eigenvalue weighted by molar-refractivity contribution is 6.29. The molecule has 9 heteroatoms. The van der Waals surface area contributed by atoms with Gasteiger partial charge in [-0.25, -0.2) is 4.79 Å². The molecule has 4 aromatic rings. The zero-order valence-electron chi connectivity index (χ0n) is 21.5. The van der Waals surface area contributed by atoms with E-state index >= 15 is 0 Å². The van der Waals surface area contributed by atoms with Crippen LogP contribution in [0, 0.1) is 0 Å². The number of amides is 2. The summed E-state index contributed by atoms with van der Waals surface area (Å²) in [5, 5.41) is 2.82. The van der Waals surface area contributed by atoms with Gasteiger partial charge in [-0.3, -0.25) is 19.1 Å². The molecule has 2 amide bonds. The first-order chi connectivity index (χ1) is 18.8. The van der Waals surface area contributed by atoms with Crippen LogP contribution in [0.3, 0.4) is 0 Å². The van der Waals surface area contributed by atoms with Crippen molar-refractivity contribution in [3.05, 3.63) is 124 Å². The van der Waals surface area contributed by atoms with Crippen LogP contribution >= 0.6 is 11.6 Å². The van der Waals surface area contributed by atoms with Gasteiger partial charge in [-0.1, -0.05) is 72.3 Å². The van der Waals surface area contributed by atoms with E-state index < -0.39 is 23.6 Å². The van der Waals surface area contributed by atoms with E-state index in [1.165, 1.54) is 28.6 Å². The average Bonchev–Trinajstić information content (AvgIpc) is 2.96. The predicted octanol–water partition coefficient (Wildman–Crippen LogP) is 5.94. The minimum Gasteiger partial charge on any atom is -0.457 e. The SMILES string of the molecule is C[C@@H](C(=O)Nc1ccc(Cl)n(Cc2cccc(Oc3ccccc3)c2)c1=O)N(C)C(=O)OCc1ccccc1.